The topological polar surface area (TPSA) is 94.3 Å². The minimum atomic E-state index is -1.24. The van der Waals surface area contributed by atoms with Gasteiger partial charge >= 0.3 is 0 Å². The van der Waals surface area contributed by atoms with Crippen molar-refractivity contribution in [2.24, 2.45) is 17.6 Å². The Kier molecular flexibility index (Phi) is 3.93. The Morgan fingerprint density at radius 1 is 1.38 bits per heavy atom. The quantitative estimate of drug-likeness (QED) is 0.538. The highest BCUT2D eigenvalue weighted by Gasteiger charge is 2.43. The van der Waals surface area contributed by atoms with Gasteiger partial charge in [0.1, 0.15) is 11.7 Å². The summed E-state index contributed by atoms with van der Waals surface area (Å²) in [4.78, 5) is 45.5. The van der Waals surface area contributed by atoms with Crippen molar-refractivity contribution in [3.8, 4) is 0 Å². The van der Waals surface area contributed by atoms with Crippen LogP contribution in [0.5, 0.6) is 0 Å². The lowest BCUT2D eigenvalue weighted by Crippen LogP contribution is -2.46. The van der Waals surface area contributed by atoms with Crippen LogP contribution in [-0.2, 0) is 19.2 Å². The summed E-state index contributed by atoms with van der Waals surface area (Å²) >= 11 is 0. The molecule has 1 fully saturated rings. The van der Waals surface area contributed by atoms with Gasteiger partial charge in [-0.05, 0) is 12.8 Å². The number of amides is 1. The normalized spacial score (nSPS) is 25.6. The Morgan fingerprint density at radius 3 is 2.50 bits per heavy atom. The van der Waals surface area contributed by atoms with Crippen LogP contribution >= 0.6 is 0 Å². The highest BCUT2D eigenvalue weighted by atomic mass is 16.2. The molecule has 1 aliphatic rings. The van der Waals surface area contributed by atoms with Gasteiger partial charge in [0, 0.05) is 18.8 Å². The zero-order valence-electron chi connectivity index (χ0n) is 9.19. The van der Waals surface area contributed by atoms with Crippen molar-refractivity contribution in [3.63, 3.8) is 0 Å². The summed E-state index contributed by atoms with van der Waals surface area (Å²) in [6.07, 6.45) is 1.28. The molecule has 1 amide bonds. The minimum Gasteiger partial charge on any atom is -0.369 e. The standard InChI is InChI=1S/C11H15NO4/c1-2-3-7(13)6-4-5-8(14)10(15)9(6)11(12)16/h6,9H,2-5H2,1H3,(H2,12,16). The van der Waals surface area contributed by atoms with Crippen LogP contribution in [0, 0.1) is 11.8 Å². The lowest BCUT2D eigenvalue weighted by atomic mass is 9.74. The van der Waals surface area contributed by atoms with E-state index in [2.05, 4.69) is 0 Å². The van der Waals surface area contributed by atoms with Crippen molar-refractivity contribution in [3.05, 3.63) is 0 Å². The van der Waals surface area contributed by atoms with E-state index < -0.39 is 29.3 Å². The van der Waals surface area contributed by atoms with Crippen LogP contribution in [0.3, 0.4) is 0 Å². The van der Waals surface area contributed by atoms with Crippen LogP contribution in [0.1, 0.15) is 32.6 Å². The highest BCUT2D eigenvalue weighted by molar-refractivity contribution is 6.42. The lowest BCUT2D eigenvalue weighted by Gasteiger charge is -2.25. The maximum Gasteiger partial charge on any atom is 0.229 e. The van der Waals surface area contributed by atoms with Gasteiger partial charge in [0.2, 0.25) is 11.7 Å². The number of ketones is 3. The van der Waals surface area contributed by atoms with Gasteiger partial charge in [0.05, 0.1) is 0 Å². The molecule has 16 heavy (non-hydrogen) atoms. The SMILES string of the molecule is CCCC(=O)C1CCC(=O)C(=O)C1C(N)=O. The molecule has 0 saturated heterocycles. The van der Waals surface area contributed by atoms with Gasteiger partial charge in [-0.1, -0.05) is 6.92 Å². The number of nitrogens with two attached hydrogens (primary N) is 1. The third-order valence-corrected chi connectivity index (χ3v) is 2.86. The second-order valence-corrected chi connectivity index (χ2v) is 4.03. The summed E-state index contributed by atoms with van der Waals surface area (Å²) in [5, 5.41) is 0. The van der Waals surface area contributed by atoms with Crippen LogP contribution in [-0.4, -0.2) is 23.3 Å². The van der Waals surface area contributed by atoms with E-state index in [-0.39, 0.29) is 18.6 Å². The van der Waals surface area contributed by atoms with E-state index in [0.29, 0.717) is 12.8 Å². The molecule has 0 aromatic carbocycles. The maximum atomic E-state index is 11.7. The summed E-state index contributed by atoms with van der Waals surface area (Å²) in [7, 11) is 0. The van der Waals surface area contributed by atoms with Crippen molar-refractivity contribution >= 4 is 23.3 Å². The Balaban J connectivity index is 2.91. The molecule has 0 bridgehead atoms. The smallest absolute Gasteiger partial charge is 0.229 e. The molecule has 2 unspecified atom stereocenters. The number of carbonyl (C=O) groups excluding carboxylic acids is 4. The van der Waals surface area contributed by atoms with Gasteiger partial charge in [-0.25, -0.2) is 0 Å². The van der Waals surface area contributed by atoms with Crippen LogP contribution in [0.25, 0.3) is 0 Å². The molecular formula is C11H15NO4. The van der Waals surface area contributed by atoms with Gasteiger partial charge in [0.25, 0.3) is 0 Å². The average Bonchev–Trinajstić information content (AvgIpc) is 2.21. The molecule has 2 N–H and O–H groups in total. The molecule has 0 heterocycles. The van der Waals surface area contributed by atoms with E-state index in [9.17, 15) is 19.2 Å². The molecule has 88 valence electrons. The number of primary amides is 1. The molecule has 0 radical (unpaired) electrons. The van der Waals surface area contributed by atoms with Crippen molar-refractivity contribution < 1.29 is 19.2 Å². The van der Waals surface area contributed by atoms with Crippen LogP contribution in [0.4, 0.5) is 0 Å². The first kappa shape index (κ1) is 12.5. The van der Waals surface area contributed by atoms with Gasteiger partial charge in [-0.3, -0.25) is 19.2 Å². The van der Waals surface area contributed by atoms with Gasteiger partial charge in [-0.2, -0.15) is 0 Å². The molecule has 1 rings (SSSR count). The molecule has 0 spiro atoms. The van der Waals surface area contributed by atoms with Crippen molar-refractivity contribution in [1.29, 1.82) is 0 Å². The number of carbonyl (C=O) groups is 4. The summed E-state index contributed by atoms with van der Waals surface area (Å²) in [5.41, 5.74) is 5.08. The molecular weight excluding hydrogens is 210 g/mol. The number of hydrogen-bond acceptors (Lipinski definition) is 4. The molecule has 0 aromatic rings. The predicted molar refractivity (Wildman–Crippen MR) is 55.3 cm³/mol. The molecule has 1 saturated carbocycles. The second kappa shape index (κ2) is 5.01. The molecule has 5 nitrogen and oxygen atoms in total. The van der Waals surface area contributed by atoms with E-state index in [4.69, 9.17) is 5.73 Å². The first-order chi connectivity index (χ1) is 7.49. The van der Waals surface area contributed by atoms with Gasteiger partial charge in [-0.15, -0.1) is 0 Å². The fourth-order valence-corrected chi connectivity index (χ4v) is 2.04. The van der Waals surface area contributed by atoms with Crippen molar-refractivity contribution in [1.82, 2.24) is 0 Å². The van der Waals surface area contributed by atoms with Crippen LogP contribution < -0.4 is 5.73 Å². The Morgan fingerprint density at radius 2 is 2.00 bits per heavy atom. The summed E-state index contributed by atoms with van der Waals surface area (Å²) in [6, 6.07) is 0. The zero-order valence-corrected chi connectivity index (χ0v) is 9.19. The monoisotopic (exact) mass is 225 g/mol. The van der Waals surface area contributed by atoms with E-state index in [0.717, 1.165) is 0 Å². The Labute approximate surface area is 93.4 Å². The number of Topliss-reactive ketones (excluding diaryl/α,β-unsaturated/α-hetero) is 3. The minimum absolute atomic E-state index is 0.0444. The molecule has 2 atom stereocenters. The van der Waals surface area contributed by atoms with E-state index in [1.165, 1.54) is 0 Å². The highest BCUT2D eigenvalue weighted by Crippen LogP contribution is 2.27. The zero-order chi connectivity index (χ0) is 12.3. The largest absolute Gasteiger partial charge is 0.369 e. The fraction of sp³-hybridized carbons (Fsp3) is 0.636. The van der Waals surface area contributed by atoms with Crippen LogP contribution in [0.15, 0.2) is 0 Å². The van der Waals surface area contributed by atoms with Crippen molar-refractivity contribution in [2.75, 3.05) is 0 Å². The first-order valence-corrected chi connectivity index (χ1v) is 5.38. The maximum absolute atomic E-state index is 11.7. The van der Waals surface area contributed by atoms with E-state index in [1.54, 1.807) is 0 Å². The third-order valence-electron chi connectivity index (χ3n) is 2.86. The van der Waals surface area contributed by atoms with Crippen LogP contribution in [0.2, 0.25) is 0 Å². The van der Waals surface area contributed by atoms with Crippen molar-refractivity contribution in [2.45, 2.75) is 32.6 Å². The molecule has 1 aliphatic carbocycles. The Hall–Kier alpha value is -1.52. The Bertz CT molecular complexity index is 348. The average molecular weight is 225 g/mol. The second-order valence-electron chi connectivity index (χ2n) is 4.03. The summed E-state index contributed by atoms with van der Waals surface area (Å²) < 4.78 is 0. The fourth-order valence-electron chi connectivity index (χ4n) is 2.04. The number of rotatable bonds is 4. The van der Waals surface area contributed by atoms with E-state index >= 15 is 0 Å². The third kappa shape index (κ3) is 2.35. The number of hydrogen-bond donors (Lipinski definition) is 1. The van der Waals surface area contributed by atoms with Gasteiger partial charge in [0.15, 0.2) is 5.78 Å². The molecule has 0 aliphatic heterocycles. The molecule has 0 aromatic heterocycles. The molecule has 5 heteroatoms. The lowest BCUT2D eigenvalue weighted by molar-refractivity contribution is -0.149. The summed E-state index contributed by atoms with van der Waals surface area (Å²) in [6.45, 7) is 1.84. The predicted octanol–water partition coefficient (Wildman–Crippen LogP) is 0.00530. The first-order valence-electron chi connectivity index (χ1n) is 5.38. The summed E-state index contributed by atoms with van der Waals surface area (Å²) in [5.74, 6) is -4.33. The van der Waals surface area contributed by atoms with Gasteiger partial charge < -0.3 is 5.73 Å². The van der Waals surface area contributed by atoms with E-state index in [1.807, 2.05) is 6.92 Å².